The molecule has 2 saturated carbocycles. The second kappa shape index (κ2) is 6.66. The quantitative estimate of drug-likeness (QED) is 0.599. The Morgan fingerprint density at radius 1 is 1.21 bits per heavy atom. The van der Waals surface area contributed by atoms with Crippen molar-refractivity contribution in [3.05, 3.63) is 28.8 Å². The Hall–Kier alpha value is -2.26. The number of carbonyl (C=O) groups is 2. The first-order valence-electron chi connectivity index (χ1n) is 9.26. The molecule has 2 fully saturated rings. The summed E-state index contributed by atoms with van der Waals surface area (Å²) in [5.41, 5.74) is -1.38. The number of esters is 1. The van der Waals surface area contributed by atoms with E-state index in [1.807, 2.05) is 33.8 Å². The monoisotopic (exact) mass is 404 g/mol. The molecule has 1 aromatic rings. The number of nitrogens with zero attached hydrogens (tertiary/aromatic N) is 1. The van der Waals surface area contributed by atoms with Gasteiger partial charge in [-0.15, -0.1) is 0 Å². The van der Waals surface area contributed by atoms with Crippen LogP contribution in [0, 0.1) is 27.6 Å². The van der Waals surface area contributed by atoms with Gasteiger partial charge in [-0.3, -0.25) is 9.59 Å². The van der Waals surface area contributed by atoms with Gasteiger partial charge in [-0.2, -0.15) is 5.26 Å². The summed E-state index contributed by atoms with van der Waals surface area (Å²) in [6.07, 6.45) is 0.841. The third-order valence-corrected chi connectivity index (χ3v) is 6.50. The van der Waals surface area contributed by atoms with Crippen LogP contribution in [0.4, 0.5) is 0 Å². The van der Waals surface area contributed by atoms with Crippen molar-refractivity contribution in [3.8, 4) is 11.8 Å². The number of benzene rings is 1. The minimum absolute atomic E-state index is 0.173. The molecule has 0 saturated heterocycles. The van der Waals surface area contributed by atoms with Gasteiger partial charge in [-0.1, -0.05) is 39.3 Å². The Morgan fingerprint density at radius 2 is 1.82 bits per heavy atom. The molecule has 1 N–H and O–H groups in total. The topological polar surface area (TPSA) is 88.4 Å². The van der Waals surface area contributed by atoms with E-state index >= 15 is 0 Å². The molecule has 28 heavy (non-hydrogen) atoms. The van der Waals surface area contributed by atoms with E-state index < -0.39 is 11.4 Å². The van der Waals surface area contributed by atoms with Crippen molar-refractivity contribution in [2.45, 2.75) is 52.7 Å². The lowest BCUT2D eigenvalue weighted by Gasteiger charge is -2.63. The van der Waals surface area contributed by atoms with Gasteiger partial charge in [-0.25, -0.2) is 0 Å². The van der Waals surface area contributed by atoms with Gasteiger partial charge in [0, 0.05) is 22.9 Å². The number of hydrogen-bond donors (Lipinski definition) is 1. The summed E-state index contributed by atoms with van der Waals surface area (Å²) in [5.74, 6) is -0.168. The number of carbonyl (C=O) groups excluding carboxylic acids is 2. The average Bonchev–Trinajstić information content (AvgIpc) is 3.45. The van der Waals surface area contributed by atoms with Crippen LogP contribution in [0.5, 0.6) is 5.75 Å². The maximum atomic E-state index is 12.8. The largest absolute Gasteiger partial charge is 0.489 e. The Labute approximate surface area is 170 Å². The normalized spacial score (nSPS) is 25.6. The fourth-order valence-electron chi connectivity index (χ4n) is 4.71. The molecule has 0 radical (unpaired) electrons. The minimum atomic E-state index is -1.03. The van der Waals surface area contributed by atoms with Gasteiger partial charge < -0.3 is 14.8 Å². The standard InChI is InChI=1S/C21H25ClN2O4/c1-19(2)15(24-17(25)21(8-9-21)18(26)27-5)20(3,4)16(19)28-13-7-6-12(11-23)14(22)10-13/h6-7,10,15-16H,8-9H2,1-5H3,(H,24,25). The molecular weight excluding hydrogens is 380 g/mol. The highest BCUT2D eigenvalue weighted by Gasteiger charge is 2.66. The minimum Gasteiger partial charge on any atom is -0.489 e. The van der Waals surface area contributed by atoms with Crippen LogP contribution >= 0.6 is 11.6 Å². The van der Waals surface area contributed by atoms with Crippen LogP contribution in [-0.4, -0.2) is 31.1 Å². The number of ether oxygens (including phenoxy) is 2. The summed E-state index contributed by atoms with van der Waals surface area (Å²) in [7, 11) is 1.31. The Morgan fingerprint density at radius 3 is 2.29 bits per heavy atom. The summed E-state index contributed by atoms with van der Waals surface area (Å²) in [6, 6.07) is 6.84. The second-order valence-electron chi connectivity index (χ2n) is 8.87. The molecule has 7 heteroatoms. The Kier molecular flexibility index (Phi) is 4.87. The summed E-state index contributed by atoms with van der Waals surface area (Å²) < 4.78 is 11.0. The molecule has 150 valence electrons. The zero-order chi connectivity index (χ0) is 20.9. The highest BCUT2D eigenvalue weighted by Crippen LogP contribution is 2.56. The zero-order valence-electron chi connectivity index (χ0n) is 16.8. The fraction of sp³-hybridized carbons (Fsp3) is 0.571. The van der Waals surface area contributed by atoms with Crippen molar-refractivity contribution in [2.24, 2.45) is 16.2 Å². The summed E-state index contributed by atoms with van der Waals surface area (Å²) in [6.45, 7) is 8.10. The molecule has 6 nitrogen and oxygen atoms in total. The molecule has 0 spiro atoms. The van der Waals surface area contributed by atoms with Crippen LogP contribution in [0.25, 0.3) is 0 Å². The molecule has 2 aliphatic carbocycles. The van der Waals surface area contributed by atoms with E-state index in [2.05, 4.69) is 5.32 Å². The van der Waals surface area contributed by atoms with Gasteiger partial charge in [0.15, 0.2) is 0 Å². The van der Waals surface area contributed by atoms with Crippen LogP contribution in [0.2, 0.25) is 5.02 Å². The van der Waals surface area contributed by atoms with Crippen molar-refractivity contribution >= 4 is 23.5 Å². The lowest BCUT2D eigenvalue weighted by atomic mass is 9.49. The lowest BCUT2D eigenvalue weighted by Crippen LogP contribution is -2.75. The molecule has 0 unspecified atom stereocenters. The molecule has 0 aliphatic heterocycles. The highest BCUT2D eigenvalue weighted by atomic mass is 35.5. The Bertz CT molecular complexity index is 852. The molecule has 3 rings (SSSR count). The average molecular weight is 405 g/mol. The molecule has 0 bridgehead atoms. The maximum absolute atomic E-state index is 12.8. The first-order valence-corrected chi connectivity index (χ1v) is 9.64. The van der Waals surface area contributed by atoms with Crippen molar-refractivity contribution in [2.75, 3.05) is 7.11 Å². The van der Waals surface area contributed by atoms with E-state index in [1.165, 1.54) is 7.11 Å². The number of methoxy groups -OCH3 is 1. The van der Waals surface area contributed by atoms with Crippen molar-refractivity contribution in [1.29, 1.82) is 5.26 Å². The van der Waals surface area contributed by atoms with E-state index in [4.69, 9.17) is 26.3 Å². The molecule has 2 aliphatic rings. The molecule has 0 aromatic heterocycles. The number of amides is 1. The molecule has 1 amide bonds. The van der Waals surface area contributed by atoms with Crippen LogP contribution in [0.15, 0.2) is 18.2 Å². The van der Waals surface area contributed by atoms with Gasteiger partial charge >= 0.3 is 5.97 Å². The maximum Gasteiger partial charge on any atom is 0.321 e. The lowest BCUT2D eigenvalue weighted by molar-refractivity contribution is -0.177. The first-order chi connectivity index (χ1) is 13.0. The van der Waals surface area contributed by atoms with Crippen LogP contribution in [0.1, 0.15) is 46.1 Å². The zero-order valence-corrected chi connectivity index (χ0v) is 17.5. The first kappa shape index (κ1) is 20.5. The van der Waals surface area contributed by atoms with E-state index in [-0.39, 0.29) is 28.9 Å². The van der Waals surface area contributed by atoms with Crippen LogP contribution in [0.3, 0.4) is 0 Å². The molecule has 0 atom stereocenters. The van der Waals surface area contributed by atoms with Gasteiger partial charge in [0.05, 0.1) is 17.7 Å². The summed E-state index contributed by atoms with van der Waals surface area (Å²) in [4.78, 5) is 24.8. The van der Waals surface area contributed by atoms with E-state index in [0.29, 0.717) is 29.2 Å². The molecular formula is C21H25ClN2O4. The van der Waals surface area contributed by atoms with Crippen molar-refractivity contribution in [3.63, 3.8) is 0 Å². The molecule has 1 aromatic carbocycles. The van der Waals surface area contributed by atoms with Gasteiger partial charge in [-0.05, 0) is 25.0 Å². The summed E-state index contributed by atoms with van der Waals surface area (Å²) in [5, 5.41) is 12.4. The Balaban J connectivity index is 1.75. The number of hydrogen-bond acceptors (Lipinski definition) is 5. The van der Waals surface area contributed by atoms with Crippen LogP contribution in [-0.2, 0) is 14.3 Å². The number of halogens is 1. The molecule has 0 heterocycles. The van der Waals surface area contributed by atoms with Gasteiger partial charge in [0.25, 0.3) is 0 Å². The van der Waals surface area contributed by atoms with Gasteiger partial charge in [0.2, 0.25) is 5.91 Å². The second-order valence-corrected chi connectivity index (χ2v) is 9.28. The number of rotatable bonds is 5. The van der Waals surface area contributed by atoms with E-state index in [9.17, 15) is 9.59 Å². The van der Waals surface area contributed by atoms with Gasteiger partial charge in [0.1, 0.15) is 23.3 Å². The third-order valence-electron chi connectivity index (χ3n) is 6.19. The van der Waals surface area contributed by atoms with Crippen LogP contribution < -0.4 is 10.1 Å². The predicted molar refractivity (Wildman–Crippen MR) is 104 cm³/mol. The van der Waals surface area contributed by atoms with Crippen molar-refractivity contribution in [1.82, 2.24) is 5.32 Å². The highest BCUT2D eigenvalue weighted by molar-refractivity contribution is 6.31. The fourth-order valence-corrected chi connectivity index (χ4v) is 4.92. The SMILES string of the molecule is COC(=O)C1(C(=O)NC2C(C)(C)C(Oc3ccc(C#N)c(Cl)c3)C2(C)C)CC1. The smallest absolute Gasteiger partial charge is 0.321 e. The van der Waals surface area contributed by atoms with Crippen molar-refractivity contribution < 1.29 is 19.1 Å². The summed E-state index contributed by atoms with van der Waals surface area (Å²) >= 11 is 6.11. The third kappa shape index (κ3) is 3.02. The predicted octanol–water partition coefficient (Wildman–Crippen LogP) is 3.46. The number of nitriles is 1. The van der Waals surface area contributed by atoms with E-state index in [1.54, 1.807) is 18.2 Å². The number of nitrogens with one attached hydrogen (secondary N) is 1. The van der Waals surface area contributed by atoms with E-state index in [0.717, 1.165) is 0 Å².